The average Bonchev–Trinajstić information content (AvgIpc) is 3.35. The van der Waals surface area contributed by atoms with E-state index in [0.29, 0.717) is 25.9 Å². The summed E-state index contributed by atoms with van der Waals surface area (Å²) in [7, 11) is 0. The molecule has 0 aromatic carbocycles. The number of ether oxygens (including phenoxy) is 1. The third-order valence-electron chi connectivity index (χ3n) is 14.5. The zero-order chi connectivity index (χ0) is 50.0. The number of allylic oxidation sites excluding steroid dienone is 4. The van der Waals surface area contributed by atoms with Gasteiger partial charge in [-0.15, -0.1) is 0 Å². The molecule has 0 saturated carbocycles. The molecule has 0 radical (unpaired) electrons. The third-order valence-corrected chi connectivity index (χ3v) is 14.5. The van der Waals surface area contributed by atoms with Crippen molar-refractivity contribution in [1.29, 1.82) is 0 Å². The lowest BCUT2D eigenvalue weighted by molar-refractivity contribution is -0.143. The molecule has 1 amide bonds. The molecule has 0 aliphatic carbocycles. The van der Waals surface area contributed by atoms with Gasteiger partial charge in [0.25, 0.3) is 0 Å². The lowest BCUT2D eigenvalue weighted by atomic mass is 10.0. The molecule has 2 atom stereocenters. The molecular weight excluding hydrogens is 851 g/mol. The summed E-state index contributed by atoms with van der Waals surface area (Å²) in [6.45, 7) is 4.88. The Morgan fingerprint density at radius 2 is 0.681 bits per heavy atom. The fraction of sp³-hybridized carbons (Fsp3) is 0.905. The van der Waals surface area contributed by atoms with E-state index < -0.39 is 12.1 Å². The number of esters is 1. The van der Waals surface area contributed by atoms with Crippen molar-refractivity contribution < 1.29 is 24.5 Å². The maximum absolute atomic E-state index is 12.5. The van der Waals surface area contributed by atoms with Crippen LogP contribution in [-0.4, -0.2) is 47.4 Å². The smallest absolute Gasteiger partial charge is 0.305 e. The van der Waals surface area contributed by atoms with Crippen LogP contribution in [0.1, 0.15) is 341 Å². The van der Waals surface area contributed by atoms with Crippen molar-refractivity contribution >= 4 is 11.9 Å². The number of aliphatic hydroxyl groups is 2. The van der Waals surface area contributed by atoms with E-state index in [2.05, 4.69) is 43.5 Å². The summed E-state index contributed by atoms with van der Waals surface area (Å²) in [5.41, 5.74) is 0. The minimum absolute atomic E-state index is 0.0385. The van der Waals surface area contributed by atoms with Crippen molar-refractivity contribution in [2.24, 2.45) is 0 Å². The van der Waals surface area contributed by atoms with Gasteiger partial charge in [-0.2, -0.15) is 0 Å². The first-order valence-electron chi connectivity index (χ1n) is 31.1. The highest BCUT2D eigenvalue weighted by Gasteiger charge is 2.20. The lowest BCUT2D eigenvalue weighted by Gasteiger charge is -2.22. The molecule has 0 aliphatic rings. The van der Waals surface area contributed by atoms with E-state index in [-0.39, 0.29) is 18.5 Å². The van der Waals surface area contributed by atoms with Gasteiger partial charge in [-0.05, 0) is 77.0 Å². The molecule has 0 bridgehead atoms. The average molecular weight is 973 g/mol. The van der Waals surface area contributed by atoms with Gasteiger partial charge in [0.15, 0.2) is 0 Å². The Kier molecular flexibility index (Phi) is 57.5. The van der Waals surface area contributed by atoms with E-state index in [1.807, 2.05) is 0 Å². The highest BCUT2D eigenvalue weighted by molar-refractivity contribution is 5.76. The zero-order valence-corrected chi connectivity index (χ0v) is 46.6. The number of aliphatic hydroxyl groups excluding tert-OH is 2. The Labute approximate surface area is 431 Å². The van der Waals surface area contributed by atoms with Crippen molar-refractivity contribution in [3.63, 3.8) is 0 Å². The Hall–Kier alpha value is -1.66. The van der Waals surface area contributed by atoms with Gasteiger partial charge in [-0.3, -0.25) is 9.59 Å². The number of unbranched alkanes of at least 4 members (excludes halogenated alkanes) is 43. The van der Waals surface area contributed by atoms with E-state index in [1.165, 1.54) is 231 Å². The maximum atomic E-state index is 12.5. The quantitative estimate of drug-likeness (QED) is 0.0321. The van der Waals surface area contributed by atoms with E-state index >= 15 is 0 Å². The van der Waals surface area contributed by atoms with E-state index in [9.17, 15) is 19.8 Å². The molecule has 6 nitrogen and oxygen atoms in total. The molecule has 0 aromatic heterocycles. The van der Waals surface area contributed by atoms with Crippen molar-refractivity contribution in [1.82, 2.24) is 5.32 Å². The van der Waals surface area contributed by atoms with Crippen LogP contribution >= 0.6 is 0 Å². The van der Waals surface area contributed by atoms with Crippen LogP contribution in [0.25, 0.3) is 0 Å². The Bertz CT molecular complexity index is 1080. The van der Waals surface area contributed by atoms with Gasteiger partial charge in [-0.25, -0.2) is 0 Å². The van der Waals surface area contributed by atoms with Gasteiger partial charge in [0.05, 0.1) is 25.4 Å². The number of carbonyl (C=O) groups is 2. The second-order valence-electron chi connectivity index (χ2n) is 21.4. The van der Waals surface area contributed by atoms with Crippen LogP contribution in [0, 0.1) is 0 Å². The molecule has 0 heterocycles. The number of rotatable bonds is 58. The van der Waals surface area contributed by atoms with Crippen molar-refractivity contribution in [3.8, 4) is 0 Å². The molecule has 0 aliphatic heterocycles. The van der Waals surface area contributed by atoms with Crippen molar-refractivity contribution in [2.45, 2.75) is 353 Å². The minimum atomic E-state index is -0.688. The summed E-state index contributed by atoms with van der Waals surface area (Å²) in [6, 6.07) is -0.568. The highest BCUT2D eigenvalue weighted by atomic mass is 16.5. The predicted molar refractivity (Wildman–Crippen MR) is 301 cm³/mol. The van der Waals surface area contributed by atoms with Crippen LogP contribution in [-0.2, 0) is 14.3 Å². The van der Waals surface area contributed by atoms with Gasteiger partial charge < -0.3 is 20.3 Å². The summed E-state index contributed by atoms with van der Waals surface area (Å²) in [4.78, 5) is 24.6. The van der Waals surface area contributed by atoms with E-state index in [1.54, 1.807) is 0 Å². The number of amides is 1. The van der Waals surface area contributed by atoms with Crippen LogP contribution in [0.15, 0.2) is 24.3 Å². The fourth-order valence-corrected chi connectivity index (χ4v) is 9.69. The van der Waals surface area contributed by atoms with Gasteiger partial charge in [0.2, 0.25) is 5.91 Å². The first-order chi connectivity index (χ1) is 34.0. The predicted octanol–water partition coefficient (Wildman–Crippen LogP) is 19.4. The molecule has 408 valence electrons. The second kappa shape index (κ2) is 58.9. The monoisotopic (exact) mass is 972 g/mol. The van der Waals surface area contributed by atoms with Crippen molar-refractivity contribution in [3.05, 3.63) is 24.3 Å². The van der Waals surface area contributed by atoms with Crippen LogP contribution in [0.3, 0.4) is 0 Å². The summed E-state index contributed by atoms with van der Waals surface area (Å²) in [6.07, 6.45) is 71.9. The highest BCUT2D eigenvalue weighted by Crippen LogP contribution is 2.18. The minimum Gasteiger partial charge on any atom is -0.466 e. The summed E-state index contributed by atoms with van der Waals surface area (Å²) in [5, 5.41) is 23.4. The van der Waals surface area contributed by atoms with Crippen LogP contribution in [0.4, 0.5) is 0 Å². The number of carbonyl (C=O) groups excluding carboxylic acids is 2. The van der Waals surface area contributed by atoms with E-state index in [0.717, 1.165) is 77.0 Å². The Morgan fingerprint density at radius 3 is 1.03 bits per heavy atom. The molecule has 0 rings (SSSR count). The van der Waals surface area contributed by atoms with Crippen LogP contribution < -0.4 is 5.32 Å². The Balaban J connectivity index is 3.49. The molecule has 2 unspecified atom stereocenters. The molecule has 69 heavy (non-hydrogen) atoms. The standard InChI is InChI=1S/C63H121NO5/c1-3-5-7-9-11-13-15-17-19-21-22-23-24-25-26-27-28-30-31-33-35-39-43-47-51-55-61(66)60(59-65)64-62(67)56-52-48-44-40-37-38-42-46-50-54-58-69-63(68)57-53-49-45-41-36-34-32-29-20-18-16-14-12-10-8-6-4-2/h18,20,38,42,60-61,65-66H,3-17,19,21-37,39-41,43-59H2,1-2H3,(H,64,67)/b20-18-,42-38-. The zero-order valence-electron chi connectivity index (χ0n) is 46.6. The molecule has 0 fully saturated rings. The first kappa shape index (κ1) is 67.3. The Morgan fingerprint density at radius 1 is 0.391 bits per heavy atom. The van der Waals surface area contributed by atoms with Gasteiger partial charge in [0.1, 0.15) is 0 Å². The van der Waals surface area contributed by atoms with Gasteiger partial charge in [0, 0.05) is 12.8 Å². The first-order valence-corrected chi connectivity index (χ1v) is 31.1. The fourth-order valence-electron chi connectivity index (χ4n) is 9.69. The SMILES string of the molecule is CCCCCCCC/C=C\CCCCCCCCCC(=O)OCCCC/C=C\CCCCCCC(=O)NC(CO)C(O)CCCCCCCCCCCCCCCCCCCCCCCCCCC. The largest absolute Gasteiger partial charge is 0.466 e. The number of nitrogens with one attached hydrogen (secondary N) is 1. The summed E-state index contributed by atoms with van der Waals surface area (Å²) in [5.74, 6) is -0.106. The molecule has 0 aromatic rings. The summed E-state index contributed by atoms with van der Waals surface area (Å²) < 4.78 is 5.45. The number of hydrogen-bond donors (Lipinski definition) is 3. The molecule has 0 spiro atoms. The lowest BCUT2D eigenvalue weighted by Crippen LogP contribution is -2.45. The topological polar surface area (TPSA) is 95.9 Å². The van der Waals surface area contributed by atoms with Crippen molar-refractivity contribution in [2.75, 3.05) is 13.2 Å². The number of hydrogen-bond acceptors (Lipinski definition) is 5. The van der Waals surface area contributed by atoms with E-state index in [4.69, 9.17) is 4.74 Å². The second-order valence-corrected chi connectivity index (χ2v) is 21.4. The van der Waals surface area contributed by atoms with Gasteiger partial charge in [-0.1, -0.05) is 276 Å². The maximum Gasteiger partial charge on any atom is 0.305 e. The van der Waals surface area contributed by atoms with Crippen LogP contribution in [0.5, 0.6) is 0 Å². The summed E-state index contributed by atoms with van der Waals surface area (Å²) >= 11 is 0. The molecule has 6 heteroatoms. The normalized spacial score (nSPS) is 12.7. The van der Waals surface area contributed by atoms with Gasteiger partial charge >= 0.3 is 5.97 Å². The molecule has 0 saturated heterocycles. The molecule has 3 N–H and O–H groups in total. The third kappa shape index (κ3) is 55.5. The van der Waals surface area contributed by atoms with Crippen LogP contribution in [0.2, 0.25) is 0 Å². The molecular formula is C63H121NO5.